The monoisotopic (exact) mass is 434 g/mol. The van der Waals surface area contributed by atoms with E-state index < -0.39 is 15.4 Å². The maximum atomic E-state index is 11.5. The average molecular weight is 435 g/mol. The van der Waals surface area contributed by atoms with E-state index in [1.807, 2.05) is 0 Å². The van der Waals surface area contributed by atoms with E-state index in [4.69, 9.17) is 0 Å². The SMILES string of the molecule is CCCCCCCCCCCCC(O)CCCCCC(CCCCC)S(=O)(=O)O. The molecule has 5 heteroatoms. The maximum Gasteiger partial charge on any atom is 0.267 e. The summed E-state index contributed by atoms with van der Waals surface area (Å²) in [6, 6.07) is 0. The van der Waals surface area contributed by atoms with Crippen molar-refractivity contribution in [2.45, 2.75) is 154 Å². The number of aliphatic hydroxyl groups is 1. The molecule has 176 valence electrons. The molecule has 0 spiro atoms. The fourth-order valence-electron chi connectivity index (χ4n) is 4.00. The van der Waals surface area contributed by atoms with Gasteiger partial charge in [0.15, 0.2) is 0 Å². The predicted octanol–water partition coefficient (Wildman–Crippen LogP) is 7.45. The average Bonchev–Trinajstić information content (AvgIpc) is 2.67. The number of rotatable bonds is 22. The Morgan fingerprint density at radius 1 is 0.552 bits per heavy atom. The Morgan fingerprint density at radius 2 is 0.862 bits per heavy atom. The summed E-state index contributed by atoms with van der Waals surface area (Å²) in [5.41, 5.74) is 0. The Hall–Kier alpha value is -0.130. The highest BCUT2D eigenvalue weighted by Crippen LogP contribution is 2.19. The summed E-state index contributed by atoms with van der Waals surface area (Å²) in [4.78, 5) is 0. The first-order chi connectivity index (χ1) is 13.9. The summed E-state index contributed by atoms with van der Waals surface area (Å²) < 4.78 is 32.3. The second kappa shape index (κ2) is 19.8. The van der Waals surface area contributed by atoms with Crippen molar-refractivity contribution in [1.82, 2.24) is 0 Å². The molecular weight excluding hydrogens is 384 g/mol. The molecule has 0 saturated heterocycles. The van der Waals surface area contributed by atoms with Crippen LogP contribution in [-0.2, 0) is 10.1 Å². The van der Waals surface area contributed by atoms with E-state index in [2.05, 4.69) is 13.8 Å². The zero-order chi connectivity index (χ0) is 21.8. The van der Waals surface area contributed by atoms with E-state index in [-0.39, 0.29) is 6.10 Å². The fourth-order valence-corrected chi connectivity index (χ4v) is 4.93. The van der Waals surface area contributed by atoms with E-state index >= 15 is 0 Å². The second-order valence-electron chi connectivity index (χ2n) is 8.90. The van der Waals surface area contributed by atoms with E-state index in [0.717, 1.165) is 57.8 Å². The normalized spacial score (nSPS) is 14.2. The quantitative estimate of drug-likeness (QED) is 0.137. The van der Waals surface area contributed by atoms with Gasteiger partial charge >= 0.3 is 0 Å². The van der Waals surface area contributed by atoms with Crippen LogP contribution >= 0.6 is 0 Å². The lowest BCUT2D eigenvalue weighted by Gasteiger charge is -2.14. The minimum atomic E-state index is -3.93. The minimum Gasteiger partial charge on any atom is -0.393 e. The molecule has 0 aromatic rings. The summed E-state index contributed by atoms with van der Waals surface area (Å²) >= 11 is 0. The maximum absolute atomic E-state index is 11.5. The molecule has 4 nitrogen and oxygen atoms in total. The van der Waals surface area contributed by atoms with Gasteiger partial charge in [0.25, 0.3) is 10.1 Å². The second-order valence-corrected chi connectivity index (χ2v) is 10.6. The smallest absolute Gasteiger partial charge is 0.267 e. The molecule has 0 rings (SSSR count). The molecule has 2 N–H and O–H groups in total. The molecule has 2 atom stereocenters. The van der Waals surface area contributed by atoms with Crippen molar-refractivity contribution >= 4 is 10.1 Å². The number of aliphatic hydroxyl groups excluding tert-OH is 1. The van der Waals surface area contributed by atoms with Crippen LogP contribution in [0.2, 0.25) is 0 Å². The van der Waals surface area contributed by atoms with Gasteiger partial charge in [0.05, 0.1) is 11.4 Å². The molecule has 0 aliphatic heterocycles. The molecule has 0 aliphatic rings. The van der Waals surface area contributed by atoms with Gasteiger partial charge in [-0.05, 0) is 25.7 Å². The van der Waals surface area contributed by atoms with E-state index in [9.17, 15) is 18.1 Å². The molecule has 0 aromatic heterocycles. The highest BCUT2D eigenvalue weighted by molar-refractivity contribution is 7.86. The number of unbranched alkanes of at least 4 members (excludes halogenated alkanes) is 13. The van der Waals surface area contributed by atoms with Crippen molar-refractivity contribution in [1.29, 1.82) is 0 Å². The van der Waals surface area contributed by atoms with E-state index in [1.54, 1.807) is 0 Å². The summed E-state index contributed by atoms with van der Waals surface area (Å²) in [5, 5.41) is 9.51. The largest absolute Gasteiger partial charge is 0.393 e. The Labute approximate surface area is 182 Å². The molecule has 29 heavy (non-hydrogen) atoms. The predicted molar refractivity (Wildman–Crippen MR) is 125 cm³/mol. The van der Waals surface area contributed by atoms with Crippen LogP contribution < -0.4 is 0 Å². The lowest BCUT2D eigenvalue weighted by molar-refractivity contribution is 0.147. The molecule has 0 amide bonds. The van der Waals surface area contributed by atoms with Crippen molar-refractivity contribution < 1.29 is 18.1 Å². The number of hydrogen-bond donors (Lipinski definition) is 2. The van der Waals surface area contributed by atoms with Crippen LogP contribution in [0.1, 0.15) is 142 Å². The Kier molecular flexibility index (Phi) is 19.7. The third-order valence-electron chi connectivity index (χ3n) is 6.01. The molecule has 0 aromatic carbocycles. The molecular formula is C24H50O4S. The fraction of sp³-hybridized carbons (Fsp3) is 1.00. The van der Waals surface area contributed by atoms with Crippen LogP contribution in [0.25, 0.3) is 0 Å². The van der Waals surface area contributed by atoms with Gasteiger partial charge in [0, 0.05) is 0 Å². The zero-order valence-corrected chi connectivity index (χ0v) is 20.2. The van der Waals surface area contributed by atoms with Crippen molar-refractivity contribution in [3.63, 3.8) is 0 Å². The van der Waals surface area contributed by atoms with Crippen LogP contribution in [0, 0.1) is 0 Å². The van der Waals surface area contributed by atoms with Crippen molar-refractivity contribution in [2.24, 2.45) is 0 Å². The third-order valence-corrected chi connectivity index (χ3v) is 7.32. The van der Waals surface area contributed by atoms with Crippen LogP contribution in [0.15, 0.2) is 0 Å². The summed E-state index contributed by atoms with van der Waals surface area (Å²) in [7, 11) is -3.93. The van der Waals surface area contributed by atoms with Crippen LogP contribution in [0.5, 0.6) is 0 Å². The van der Waals surface area contributed by atoms with Crippen LogP contribution in [0.3, 0.4) is 0 Å². The first-order valence-electron chi connectivity index (χ1n) is 12.6. The van der Waals surface area contributed by atoms with Gasteiger partial charge in [0.2, 0.25) is 0 Å². The highest BCUT2D eigenvalue weighted by Gasteiger charge is 2.21. The summed E-state index contributed by atoms with van der Waals surface area (Å²) in [6.45, 7) is 4.34. The first kappa shape index (κ1) is 28.9. The van der Waals surface area contributed by atoms with E-state index in [1.165, 1.54) is 57.8 Å². The first-order valence-corrected chi connectivity index (χ1v) is 14.1. The van der Waals surface area contributed by atoms with Gasteiger partial charge in [0.1, 0.15) is 0 Å². The number of hydrogen-bond acceptors (Lipinski definition) is 3. The molecule has 0 fully saturated rings. The van der Waals surface area contributed by atoms with Crippen LogP contribution in [-0.4, -0.2) is 29.4 Å². The van der Waals surface area contributed by atoms with Crippen molar-refractivity contribution in [3.05, 3.63) is 0 Å². The molecule has 0 saturated carbocycles. The molecule has 0 bridgehead atoms. The van der Waals surface area contributed by atoms with Gasteiger partial charge in [-0.25, -0.2) is 0 Å². The van der Waals surface area contributed by atoms with E-state index in [0.29, 0.717) is 12.8 Å². The Bertz CT molecular complexity index is 436. The molecule has 0 heterocycles. The van der Waals surface area contributed by atoms with Crippen LogP contribution in [0.4, 0.5) is 0 Å². The van der Waals surface area contributed by atoms with Gasteiger partial charge in [-0.3, -0.25) is 4.55 Å². The minimum absolute atomic E-state index is 0.217. The summed E-state index contributed by atoms with van der Waals surface area (Å²) in [5.74, 6) is 0. The lowest BCUT2D eigenvalue weighted by atomic mass is 10.0. The van der Waals surface area contributed by atoms with Gasteiger partial charge in [-0.2, -0.15) is 8.42 Å². The topological polar surface area (TPSA) is 74.6 Å². The molecule has 0 aliphatic carbocycles. The highest BCUT2D eigenvalue weighted by atomic mass is 32.2. The molecule has 2 unspecified atom stereocenters. The third kappa shape index (κ3) is 19.6. The summed E-state index contributed by atoms with van der Waals surface area (Å²) in [6.07, 6.45) is 21.3. The Morgan fingerprint density at radius 3 is 1.31 bits per heavy atom. The zero-order valence-electron chi connectivity index (χ0n) is 19.4. The lowest BCUT2D eigenvalue weighted by Crippen LogP contribution is -2.20. The van der Waals surface area contributed by atoms with Gasteiger partial charge < -0.3 is 5.11 Å². The van der Waals surface area contributed by atoms with Gasteiger partial charge in [-0.15, -0.1) is 0 Å². The van der Waals surface area contributed by atoms with Gasteiger partial charge in [-0.1, -0.05) is 117 Å². The Balaban J connectivity index is 3.57. The standard InChI is InChI=1S/C24H50O4S/c1-3-5-7-8-9-10-11-12-13-16-19-23(25)20-17-14-18-22-24(29(26,27)28)21-15-6-4-2/h23-25H,3-22H2,1-2H3,(H,26,27,28). The molecule has 0 radical (unpaired) electrons. The van der Waals surface area contributed by atoms with Crippen molar-refractivity contribution in [3.8, 4) is 0 Å². The van der Waals surface area contributed by atoms with Crippen molar-refractivity contribution in [2.75, 3.05) is 0 Å².